The molecule has 0 saturated heterocycles. The summed E-state index contributed by atoms with van der Waals surface area (Å²) in [6.07, 6.45) is 0.883. The predicted octanol–water partition coefficient (Wildman–Crippen LogP) is 14.4. The van der Waals surface area contributed by atoms with Gasteiger partial charge in [0.15, 0.2) is 0 Å². The number of benzene rings is 8. The fourth-order valence-corrected chi connectivity index (χ4v) is 10.4. The lowest BCUT2D eigenvalue weighted by Gasteiger charge is -2.25. The van der Waals surface area contributed by atoms with E-state index >= 15 is 0 Å². The highest BCUT2D eigenvalue weighted by atomic mass is 32.1. The lowest BCUT2D eigenvalue weighted by Crippen LogP contribution is -2.03. The molecule has 58 heavy (non-hydrogen) atoms. The van der Waals surface area contributed by atoms with Crippen LogP contribution in [-0.2, 0) is 6.42 Å². The average molecular weight is 760 g/mol. The zero-order valence-electron chi connectivity index (χ0n) is 32.2. The van der Waals surface area contributed by atoms with E-state index in [0.29, 0.717) is 0 Å². The van der Waals surface area contributed by atoms with Gasteiger partial charge in [-0.25, -0.2) is 0 Å². The SMILES string of the molecule is Cc1cc2c(c(-c3c(-c4ccccc4)cc4sc5ccccc5c4c3-c3ccccc3-c3nnnc(-c4ccccc4)c3-c3ccccc3)c1C)Cc1ccccc1-2. The number of aryl methyl sites for hydroxylation is 1. The van der Waals surface area contributed by atoms with Crippen molar-refractivity contribution in [1.29, 1.82) is 0 Å². The number of thiophene rings is 1. The van der Waals surface area contributed by atoms with Gasteiger partial charge in [0.05, 0.1) is 0 Å². The Bertz CT molecular complexity index is 3200. The van der Waals surface area contributed by atoms with E-state index < -0.39 is 0 Å². The molecule has 8 aromatic carbocycles. The molecule has 1 aliphatic carbocycles. The van der Waals surface area contributed by atoms with Gasteiger partial charge in [0, 0.05) is 42.4 Å². The van der Waals surface area contributed by atoms with Crippen molar-refractivity contribution in [1.82, 2.24) is 15.4 Å². The highest BCUT2D eigenvalue weighted by Crippen LogP contribution is 2.55. The molecule has 2 heterocycles. The van der Waals surface area contributed by atoms with Crippen LogP contribution in [0.15, 0.2) is 176 Å². The summed E-state index contributed by atoms with van der Waals surface area (Å²) >= 11 is 1.87. The minimum Gasteiger partial charge on any atom is -0.135 e. The molecular formula is C54H37N3S. The summed E-state index contributed by atoms with van der Waals surface area (Å²) in [6, 6.07) is 63.4. The van der Waals surface area contributed by atoms with Crippen LogP contribution in [0.3, 0.4) is 0 Å². The number of aromatic nitrogens is 3. The van der Waals surface area contributed by atoms with Gasteiger partial charge in [-0.2, -0.15) is 0 Å². The number of fused-ring (bicyclic) bond motifs is 6. The van der Waals surface area contributed by atoms with Crippen LogP contribution in [0, 0.1) is 13.8 Å². The Morgan fingerprint density at radius 1 is 0.431 bits per heavy atom. The third-order valence-electron chi connectivity index (χ3n) is 12.0. The van der Waals surface area contributed by atoms with Crippen molar-refractivity contribution in [2.24, 2.45) is 0 Å². The Kier molecular flexibility index (Phi) is 8.19. The van der Waals surface area contributed by atoms with Gasteiger partial charge in [0.1, 0.15) is 11.4 Å². The highest BCUT2D eigenvalue weighted by Gasteiger charge is 2.31. The van der Waals surface area contributed by atoms with Crippen molar-refractivity contribution >= 4 is 31.5 Å². The van der Waals surface area contributed by atoms with Crippen molar-refractivity contribution in [2.45, 2.75) is 20.3 Å². The number of hydrogen-bond donors (Lipinski definition) is 0. The Balaban J connectivity index is 1.32. The monoisotopic (exact) mass is 759 g/mol. The van der Waals surface area contributed by atoms with Crippen molar-refractivity contribution in [3.8, 4) is 78.1 Å². The number of nitrogens with zero attached hydrogens (tertiary/aromatic N) is 3. The van der Waals surface area contributed by atoms with Gasteiger partial charge in [-0.05, 0) is 104 Å². The molecule has 0 unspecified atom stereocenters. The largest absolute Gasteiger partial charge is 0.135 e. The molecule has 0 N–H and O–H groups in total. The van der Waals surface area contributed by atoms with E-state index in [-0.39, 0.29) is 0 Å². The molecule has 11 rings (SSSR count). The van der Waals surface area contributed by atoms with E-state index in [1.165, 1.54) is 81.4 Å². The smallest absolute Gasteiger partial charge is 0.105 e. The second-order valence-electron chi connectivity index (χ2n) is 15.2. The fourth-order valence-electron chi connectivity index (χ4n) is 9.22. The molecule has 1 aliphatic rings. The summed E-state index contributed by atoms with van der Waals surface area (Å²) in [5.41, 5.74) is 21.0. The molecule has 2 aromatic heterocycles. The van der Waals surface area contributed by atoms with E-state index in [1.807, 2.05) is 17.4 Å². The van der Waals surface area contributed by atoms with Crippen molar-refractivity contribution in [2.75, 3.05) is 0 Å². The third kappa shape index (κ3) is 5.44. The summed E-state index contributed by atoms with van der Waals surface area (Å²) in [7, 11) is 0. The molecule has 0 fully saturated rings. The maximum absolute atomic E-state index is 4.97. The molecule has 0 radical (unpaired) electrons. The Morgan fingerprint density at radius 2 is 1.03 bits per heavy atom. The highest BCUT2D eigenvalue weighted by molar-refractivity contribution is 7.26. The first kappa shape index (κ1) is 34.3. The lowest BCUT2D eigenvalue weighted by molar-refractivity contribution is 0.879. The van der Waals surface area contributed by atoms with Crippen molar-refractivity contribution in [3.63, 3.8) is 0 Å². The molecule has 0 saturated carbocycles. The molecule has 3 nitrogen and oxygen atoms in total. The van der Waals surface area contributed by atoms with Crippen LogP contribution >= 0.6 is 11.3 Å². The molecule has 0 bridgehead atoms. The minimum absolute atomic E-state index is 0.804. The van der Waals surface area contributed by atoms with Crippen molar-refractivity contribution in [3.05, 3.63) is 198 Å². The summed E-state index contributed by atoms with van der Waals surface area (Å²) in [6.45, 7) is 4.60. The zero-order chi connectivity index (χ0) is 38.7. The van der Waals surface area contributed by atoms with Crippen LogP contribution < -0.4 is 0 Å². The Hall–Kier alpha value is -7.01. The maximum Gasteiger partial charge on any atom is 0.105 e. The summed E-state index contributed by atoms with van der Waals surface area (Å²) < 4.78 is 2.53. The van der Waals surface area contributed by atoms with Gasteiger partial charge in [0.25, 0.3) is 0 Å². The molecule has 10 aromatic rings. The van der Waals surface area contributed by atoms with Crippen LogP contribution in [0.25, 0.3) is 98.3 Å². The van der Waals surface area contributed by atoms with Gasteiger partial charge >= 0.3 is 0 Å². The minimum atomic E-state index is 0.804. The van der Waals surface area contributed by atoms with Gasteiger partial charge in [-0.15, -0.1) is 21.5 Å². The van der Waals surface area contributed by atoms with Crippen LogP contribution in [0.1, 0.15) is 22.3 Å². The molecule has 0 amide bonds. The third-order valence-corrected chi connectivity index (χ3v) is 13.1. The molecule has 0 spiro atoms. The molecule has 0 atom stereocenters. The fraction of sp³-hybridized carbons (Fsp3) is 0.0556. The van der Waals surface area contributed by atoms with E-state index in [9.17, 15) is 0 Å². The molecule has 0 aliphatic heterocycles. The van der Waals surface area contributed by atoms with Crippen LogP contribution in [-0.4, -0.2) is 15.4 Å². The topological polar surface area (TPSA) is 38.7 Å². The lowest BCUT2D eigenvalue weighted by atomic mass is 9.78. The first-order valence-electron chi connectivity index (χ1n) is 19.8. The first-order chi connectivity index (χ1) is 28.6. The molecular weight excluding hydrogens is 723 g/mol. The Labute approximate surface area is 342 Å². The van der Waals surface area contributed by atoms with Crippen molar-refractivity contribution < 1.29 is 0 Å². The van der Waals surface area contributed by atoms with Gasteiger partial charge in [0.2, 0.25) is 0 Å². The van der Waals surface area contributed by atoms with Crippen LogP contribution in [0.2, 0.25) is 0 Å². The summed E-state index contributed by atoms with van der Waals surface area (Å²) in [4.78, 5) is 0. The van der Waals surface area contributed by atoms with Crippen LogP contribution in [0.5, 0.6) is 0 Å². The quantitative estimate of drug-likeness (QED) is 0.169. The summed E-state index contributed by atoms with van der Waals surface area (Å²) in [5, 5.41) is 16.7. The average Bonchev–Trinajstić information content (AvgIpc) is 3.85. The van der Waals surface area contributed by atoms with E-state index in [2.05, 4.69) is 189 Å². The van der Waals surface area contributed by atoms with Gasteiger partial charge < -0.3 is 0 Å². The zero-order valence-corrected chi connectivity index (χ0v) is 33.0. The van der Waals surface area contributed by atoms with Gasteiger partial charge in [-0.1, -0.05) is 164 Å². The Morgan fingerprint density at radius 3 is 1.79 bits per heavy atom. The van der Waals surface area contributed by atoms with E-state index in [4.69, 9.17) is 10.2 Å². The molecule has 274 valence electrons. The number of hydrogen-bond acceptors (Lipinski definition) is 4. The predicted molar refractivity (Wildman–Crippen MR) is 243 cm³/mol. The van der Waals surface area contributed by atoms with E-state index in [0.717, 1.165) is 45.6 Å². The second kappa shape index (κ2) is 13.9. The first-order valence-corrected chi connectivity index (χ1v) is 20.6. The van der Waals surface area contributed by atoms with E-state index in [1.54, 1.807) is 0 Å². The normalized spacial score (nSPS) is 11.9. The molecule has 4 heteroatoms. The maximum atomic E-state index is 4.97. The van der Waals surface area contributed by atoms with Crippen LogP contribution in [0.4, 0.5) is 0 Å². The number of rotatable bonds is 6. The van der Waals surface area contributed by atoms with Gasteiger partial charge in [-0.3, -0.25) is 0 Å². The summed E-state index contributed by atoms with van der Waals surface area (Å²) in [5.74, 6) is 0. The second-order valence-corrected chi connectivity index (χ2v) is 16.3. The standard InChI is InChI=1S/C54H37N3S/c1-33-30-44-39-25-13-12-24-38(39)31-45(44)48(34(33)2)52-43(35-18-6-3-7-19-35)32-47-50(42-28-16-17-29-46(42)58-47)51(52)40-26-14-15-27-41(40)54-49(36-20-8-4-9-21-36)53(55-57-56-54)37-22-10-5-11-23-37/h3-30,32H,31H2,1-2H3.